The second kappa shape index (κ2) is 9.57. The molecule has 2 heterocycles. The fourth-order valence-electron chi connectivity index (χ4n) is 3.14. The monoisotopic (exact) mass is 435 g/mol. The molecule has 0 saturated heterocycles. The van der Waals surface area contributed by atoms with Crippen LogP contribution in [-0.2, 0) is 24.2 Å². The molecule has 1 amide bonds. The van der Waals surface area contributed by atoms with Gasteiger partial charge < -0.3 is 9.84 Å². The largest absolute Gasteiger partial charge is 0.339 e. The first-order valence-electron chi connectivity index (χ1n) is 10.1. The maximum absolute atomic E-state index is 12.4. The second-order valence-electron chi connectivity index (χ2n) is 7.08. The van der Waals surface area contributed by atoms with Crippen LogP contribution in [0.25, 0.3) is 11.4 Å². The molecule has 0 spiro atoms. The highest BCUT2D eigenvalue weighted by Gasteiger charge is 2.13. The van der Waals surface area contributed by atoms with Gasteiger partial charge in [0.1, 0.15) is 5.82 Å². The van der Waals surface area contributed by atoms with E-state index in [0.717, 1.165) is 17.5 Å². The fourth-order valence-corrected chi connectivity index (χ4v) is 3.34. The van der Waals surface area contributed by atoms with E-state index >= 15 is 0 Å². The van der Waals surface area contributed by atoms with Crippen molar-refractivity contribution < 1.29 is 9.32 Å². The number of carbonyl (C=O) groups excluding carboxylic acids is 1. The quantitative estimate of drug-likeness (QED) is 0.431. The van der Waals surface area contributed by atoms with Gasteiger partial charge in [-0.05, 0) is 23.6 Å². The smallest absolute Gasteiger partial charge is 0.227 e. The van der Waals surface area contributed by atoms with Gasteiger partial charge in [0, 0.05) is 29.5 Å². The highest BCUT2D eigenvalue weighted by atomic mass is 35.5. The molecule has 0 fully saturated rings. The van der Waals surface area contributed by atoms with Gasteiger partial charge >= 0.3 is 0 Å². The lowest BCUT2D eigenvalue weighted by Crippen LogP contribution is -2.16. The lowest BCUT2D eigenvalue weighted by Gasteiger charge is -2.09. The number of hydrogen-bond donors (Lipinski definition) is 1. The van der Waals surface area contributed by atoms with Gasteiger partial charge in [0.05, 0.1) is 12.7 Å². The molecule has 158 valence electrons. The normalized spacial score (nSPS) is 10.9. The van der Waals surface area contributed by atoms with Gasteiger partial charge in [0.15, 0.2) is 0 Å². The Balaban J connectivity index is 1.34. The summed E-state index contributed by atoms with van der Waals surface area (Å²) in [6, 6.07) is 17.3. The molecule has 0 bridgehead atoms. The lowest BCUT2D eigenvalue weighted by molar-refractivity contribution is -0.116. The summed E-state index contributed by atoms with van der Waals surface area (Å²) < 4.78 is 7.00. The van der Waals surface area contributed by atoms with Gasteiger partial charge in [-0.2, -0.15) is 10.1 Å². The van der Waals surface area contributed by atoms with Crippen molar-refractivity contribution in [2.75, 3.05) is 5.32 Å². The van der Waals surface area contributed by atoms with E-state index in [1.54, 1.807) is 16.9 Å². The van der Waals surface area contributed by atoms with E-state index < -0.39 is 0 Å². The van der Waals surface area contributed by atoms with Crippen molar-refractivity contribution in [3.8, 4) is 11.4 Å². The molecule has 2 aromatic carbocycles. The summed E-state index contributed by atoms with van der Waals surface area (Å²) in [7, 11) is 0. The van der Waals surface area contributed by atoms with E-state index in [4.69, 9.17) is 16.1 Å². The first-order valence-corrected chi connectivity index (χ1v) is 10.5. The van der Waals surface area contributed by atoms with E-state index in [-0.39, 0.29) is 12.3 Å². The number of halogens is 1. The molecular weight excluding hydrogens is 414 g/mol. The minimum atomic E-state index is -0.159. The molecule has 0 radical (unpaired) electrons. The Morgan fingerprint density at radius 3 is 2.71 bits per heavy atom. The van der Waals surface area contributed by atoms with Crippen molar-refractivity contribution >= 4 is 23.3 Å². The molecule has 1 N–H and O–H groups in total. The highest BCUT2D eigenvalue weighted by Crippen LogP contribution is 2.19. The average Bonchev–Trinajstić information content (AvgIpc) is 3.44. The van der Waals surface area contributed by atoms with Crippen molar-refractivity contribution in [2.45, 2.75) is 32.7 Å². The molecule has 7 nitrogen and oxygen atoms in total. The maximum atomic E-state index is 12.4. The first kappa shape index (κ1) is 20.8. The highest BCUT2D eigenvalue weighted by molar-refractivity contribution is 6.31. The minimum Gasteiger partial charge on any atom is -0.339 e. The SMILES string of the molecule is CCc1ccc(-c2noc(CCC(=O)Nc3ccnn3Cc3ccccc3Cl)n2)cc1. The summed E-state index contributed by atoms with van der Waals surface area (Å²) in [4.78, 5) is 16.8. The Labute approximate surface area is 185 Å². The number of aryl methyl sites for hydroxylation is 2. The summed E-state index contributed by atoms with van der Waals surface area (Å²) in [6.45, 7) is 2.57. The number of benzene rings is 2. The van der Waals surface area contributed by atoms with Crippen LogP contribution in [0.5, 0.6) is 0 Å². The van der Waals surface area contributed by atoms with Gasteiger partial charge in [-0.25, -0.2) is 4.68 Å². The third kappa shape index (κ3) is 5.19. The van der Waals surface area contributed by atoms with Crippen LogP contribution in [0.3, 0.4) is 0 Å². The predicted octanol–water partition coefficient (Wildman–Crippen LogP) is 4.77. The molecule has 4 aromatic rings. The van der Waals surface area contributed by atoms with Crippen LogP contribution in [0.1, 0.15) is 30.4 Å². The van der Waals surface area contributed by atoms with Crippen molar-refractivity contribution in [1.82, 2.24) is 19.9 Å². The van der Waals surface area contributed by atoms with Crippen LogP contribution in [0, 0.1) is 0 Å². The number of amides is 1. The summed E-state index contributed by atoms with van der Waals surface area (Å²) in [5, 5.41) is 11.8. The molecule has 0 unspecified atom stereocenters. The third-order valence-electron chi connectivity index (χ3n) is 4.92. The van der Waals surface area contributed by atoms with Gasteiger partial charge in [0.25, 0.3) is 0 Å². The average molecular weight is 436 g/mol. The molecule has 0 aliphatic heterocycles. The lowest BCUT2D eigenvalue weighted by atomic mass is 10.1. The van der Waals surface area contributed by atoms with Gasteiger partial charge in [0.2, 0.25) is 17.6 Å². The van der Waals surface area contributed by atoms with Crippen molar-refractivity contribution in [1.29, 1.82) is 0 Å². The van der Waals surface area contributed by atoms with Crippen molar-refractivity contribution in [3.63, 3.8) is 0 Å². The van der Waals surface area contributed by atoms with Crippen LogP contribution in [0.2, 0.25) is 5.02 Å². The molecule has 0 aliphatic rings. The number of rotatable bonds is 8. The third-order valence-corrected chi connectivity index (χ3v) is 5.29. The summed E-state index contributed by atoms with van der Waals surface area (Å²) in [5.74, 6) is 1.39. The summed E-state index contributed by atoms with van der Waals surface area (Å²) in [5.41, 5.74) is 3.06. The topological polar surface area (TPSA) is 85.8 Å². The predicted molar refractivity (Wildman–Crippen MR) is 119 cm³/mol. The summed E-state index contributed by atoms with van der Waals surface area (Å²) >= 11 is 6.23. The van der Waals surface area contributed by atoms with Crippen LogP contribution < -0.4 is 5.32 Å². The van der Waals surface area contributed by atoms with Gasteiger partial charge in [-0.1, -0.05) is 66.1 Å². The zero-order valence-electron chi connectivity index (χ0n) is 17.1. The maximum Gasteiger partial charge on any atom is 0.227 e. The van der Waals surface area contributed by atoms with E-state index in [2.05, 4.69) is 27.5 Å². The Morgan fingerprint density at radius 2 is 1.94 bits per heavy atom. The van der Waals surface area contributed by atoms with Crippen LogP contribution in [0.15, 0.2) is 65.3 Å². The van der Waals surface area contributed by atoms with Crippen molar-refractivity contribution in [2.24, 2.45) is 0 Å². The van der Waals surface area contributed by atoms with Crippen LogP contribution in [-0.4, -0.2) is 25.8 Å². The number of carbonyl (C=O) groups is 1. The second-order valence-corrected chi connectivity index (χ2v) is 7.48. The van der Waals surface area contributed by atoms with E-state index in [0.29, 0.717) is 35.5 Å². The molecule has 0 aliphatic carbocycles. The van der Waals surface area contributed by atoms with Gasteiger partial charge in [-0.3, -0.25) is 4.79 Å². The fraction of sp³-hybridized carbons (Fsp3) is 0.217. The standard InChI is InChI=1S/C23H22ClN5O2/c1-2-16-7-9-17(10-8-16)23-27-22(31-28-23)12-11-21(30)26-20-13-14-25-29(20)15-18-5-3-4-6-19(18)24/h3-10,13-14H,2,11-12,15H2,1H3,(H,26,30). The van der Waals surface area contributed by atoms with E-state index in [9.17, 15) is 4.79 Å². The van der Waals surface area contributed by atoms with Gasteiger partial charge in [-0.15, -0.1) is 0 Å². The molecule has 2 aromatic heterocycles. The number of aromatic nitrogens is 4. The Bertz CT molecular complexity index is 1170. The number of nitrogens with one attached hydrogen (secondary N) is 1. The van der Waals surface area contributed by atoms with E-state index in [1.807, 2.05) is 48.5 Å². The number of anilines is 1. The Hall–Kier alpha value is -3.45. The van der Waals surface area contributed by atoms with E-state index in [1.165, 1.54) is 5.56 Å². The molecule has 31 heavy (non-hydrogen) atoms. The zero-order valence-corrected chi connectivity index (χ0v) is 17.8. The Morgan fingerprint density at radius 1 is 1.13 bits per heavy atom. The Kier molecular flexibility index (Phi) is 6.43. The minimum absolute atomic E-state index is 0.159. The summed E-state index contributed by atoms with van der Waals surface area (Å²) in [6.07, 6.45) is 3.18. The first-order chi connectivity index (χ1) is 15.1. The molecule has 0 saturated carbocycles. The number of nitrogens with zero attached hydrogens (tertiary/aromatic N) is 4. The molecule has 0 atom stereocenters. The zero-order chi connectivity index (χ0) is 21.6. The van der Waals surface area contributed by atoms with Crippen molar-refractivity contribution in [3.05, 3.63) is 82.8 Å². The molecule has 8 heteroatoms. The molecular formula is C23H22ClN5O2. The van der Waals surface area contributed by atoms with Crippen LogP contribution >= 0.6 is 11.6 Å². The van der Waals surface area contributed by atoms with Crippen LogP contribution in [0.4, 0.5) is 5.82 Å². The molecule has 4 rings (SSSR count). The number of hydrogen-bond acceptors (Lipinski definition) is 5.